The van der Waals surface area contributed by atoms with E-state index >= 15 is 0 Å². The zero-order valence-corrected chi connectivity index (χ0v) is 22.2. The fourth-order valence-corrected chi connectivity index (χ4v) is 4.47. The molecule has 0 amide bonds. The molecule has 5 rings (SSSR count). The number of carboxylic acids is 2. The number of benzene rings is 1. The number of pyridine rings is 2. The quantitative estimate of drug-likeness (QED) is 0.361. The number of aliphatic hydroxyl groups excluding tert-OH is 2. The third-order valence-corrected chi connectivity index (χ3v) is 6.42. The van der Waals surface area contributed by atoms with Crippen LogP contribution >= 0.6 is 11.6 Å². The molecule has 0 radical (unpaired) electrons. The lowest BCUT2D eigenvalue weighted by Crippen LogP contribution is -2.39. The van der Waals surface area contributed by atoms with E-state index in [9.17, 15) is 9.59 Å². The smallest absolute Gasteiger partial charge is 0.335 e. The molecule has 0 bridgehead atoms. The molecule has 10 heteroatoms. The van der Waals surface area contributed by atoms with Crippen molar-refractivity contribution >= 4 is 29.1 Å². The van der Waals surface area contributed by atoms with Crippen LogP contribution in [0.5, 0.6) is 0 Å². The maximum Gasteiger partial charge on any atom is 0.335 e. The van der Waals surface area contributed by atoms with E-state index in [0.717, 1.165) is 27.2 Å². The molecule has 4 N–H and O–H groups in total. The number of carboxylic acid groups (broad SMARTS) is 2. The average Bonchev–Trinajstić information content (AvgIpc) is 3.16. The Morgan fingerprint density at radius 2 is 1.73 bits per heavy atom. The van der Waals surface area contributed by atoms with Crippen molar-refractivity contribution in [3.8, 4) is 0 Å². The first kappa shape index (κ1) is 22.1. The molecule has 2 aliphatic rings. The highest BCUT2D eigenvalue weighted by molar-refractivity contribution is 6.30. The third kappa shape index (κ3) is 7.11. The molecule has 0 spiro atoms. The summed E-state index contributed by atoms with van der Waals surface area (Å²) in [5.41, 5.74) is 5.26. The van der Waals surface area contributed by atoms with Crippen molar-refractivity contribution in [3.05, 3.63) is 99.1 Å². The molecule has 1 aromatic carbocycles. The van der Waals surface area contributed by atoms with Gasteiger partial charge in [0.25, 0.3) is 0 Å². The van der Waals surface area contributed by atoms with Crippen molar-refractivity contribution in [1.82, 2.24) is 14.9 Å². The van der Waals surface area contributed by atoms with Gasteiger partial charge in [0.15, 0.2) is 12.2 Å². The number of aromatic nitrogens is 2. The number of carbonyl (C=O) groups is 2. The highest BCUT2D eigenvalue weighted by Crippen LogP contribution is 2.38. The van der Waals surface area contributed by atoms with Gasteiger partial charge in [-0.3, -0.25) is 14.9 Å². The monoisotopic (exact) mass is 571 g/mol. The van der Waals surface area contributed by atoms with Crippen LogP contribution in [-0.4, -0.2) is 72.5 Å². The molecule has 1 saturated heterocycles. The zero-order chi connectivity index (χ0) is 34.1. The summed E-state index contributed by atoms with van der Waals surface area (Å²) in [4.78, 5) is 29.3. The number of halogens is 1. The van der Waals surface area contributed by atoms with Crippen LogP contribution in [0.3, 0.4) is 0 Å². The molecule has 0 saturated carbocycles. The predicted octanol–water partition coefficient (Wildman–Crippen LogP) is 3.51. The summed E-state index contributed by atoms with van der Waals surface area (Å²) in [5, 5.41) is 33.1. The highest BCUT2D eigenvalue weighted by atomic mass is 35.5. The fraction of sp³-hybridized carbons (Fsp3) is 0.333. The first-order chi connectivity index (χ1) is 21.6. The van der Waals surface area contributed by atoms with Crippen LogP contribution in [0.1, 0.15) is 54.5 Å². The number of nitrogens with zero attached hydrogens (tertiary/aromatic N) is 3. The lowest BCUT2D eigenvalue weighted by molar-refractivity contribution is -0.165. The molecule has 210 valence electrons. The van der Waals surface area contributed by atoms with E-state index in [1.54, 1.807) is 31.5 Å². The van der Waals surface area contributed by atoms with Gasteiger partial charge in [-0.1, -0.05) is 35.4 Å². The van der Waals surface area contributed by atoms with E-state index in [4.69, 9.17) is 40.3 Å². The number of aryl methyl sites for hydroxylation is 3. The van der Waals surface area contributed by atoms with Gasteiger partial charge in [-0.15, -0.1) is 0 Å². The molecule has 4 unspecified atom stereocenters. The van der Waals surface area contributed by atoms with Gasteiger partial charge in [0.1, 0.15) is 0 Å². The zero-order valence-electron chi connectivity index (χ0n) is 27.4. The van der Waals surface area contributed by atoms with Crippen molar-refractivity contribution < 1.29 is 38.2 Å². The summed E-state index contributed by atoms with van der Waals surface area (Å²) in [5.74, 6) is -3.54. The minimum atomic E-state index is -2.27. The summed E-state index contributed by atoms with van der Waals surface area (Å²) >= 11 is 6.30. The number of likely N-dealkylation sites (tertiary alicyclic amines) is 1. The van der Waals surface area contributed by atoms with E-state index in [-0.39, 0.29) is 5.56 Å². The maximum atomic E-state index is 9.77. The van der Waals surface area contributed by atoms with Crippen LogP contribution in [-0.2, 0) is 28.9 Å². The van der Waals surface area contributed by atoms with E-state index < -0.39 is 56.5 Å². The number of fused-ring (bicyclic) bond motifs is 2. The van der Waals surface area contributed by atoms with E-state index in [1.165, 1.54) is 6.20 Å². The minimum absolute atomic E-state index is 0.203. The molecule has 2 aromatic heterocycles. The van der Waals surface area contributed by atoms with Gasteiger partial charge in [-0.05, 0) is 78.6 Å². The first-order valence-corrected chi connectivity index (χ1v) is 12.6. The van der Waals surface area contributed by atoms with Crippen LogP contribution in [0.15, 0.2) is 60.6 Å². The number of piperidine rings is 1. The Morgan fingerprint density at radius 3 is 2.38 bits per heavy atom. The van der Waals surface area contributed by atoms with Crippen molar-refractivity contribution in [1.29, 1.82) is 0 Å². The summed E-state index contributed by atoms with van der Waals surface area (Å²) in [6.07, 6.45) is -0.994. The molecule has 3 aromatic rings. The van der Waals surface area contributed by atoms with Crippen LogP contribution in [0.25, 0.3) is 5.57 Å². The van der Waals surface area contributed by atoms with E-state index in [1.807, 2.05) is 24.3 Å². The molecular weight excluding hydrogens is 534 g/mol. The normalized spacial score (nSPS) is 26.4. The number of hydrogen-bond donors (Lipinski definition) is 4. The first-order valence-electron chi connectivity index (χ1n) is 15.6. The summed E-state index contributed by atoms with van der Waals surface area (Å²) in [6, 6.07) is 11.0. The van der Waals surface area contributed by atoms with Gasteiger partial charge in [-0.25, -0.2) is 9.59 Å². The Kier molecular flexibility index (Phi) is 7.27. The van der Waals surface area contributed by atoms with Gasteiger partial charge >= 0.3 is 11.9 Å². The minimum Gasteiger partial charge on any atom is -0.479 e. The number of hydrogen-bond acceptors (Lipinski definition) is 7. The van der Waals surface area contributed by atoms with Crippen LogP contribution in [0.4, 0.5) is 0 Å². The van der Waals surface area contributed by atoms with Crippen molar-refractivity contribution in [2.24, 2.45) is 0 Å². The lowest BCUT2D eigenvalue weighted by atomic mass is 9.88. The van der Waals surface area contributed by atoms with Crippen LogP contribution in [0, 0.1) is 6.92 Å². The second-order valence-corrected chi connectivity index (χ2v) is 9.55. The summed E-state index contributed by atoms with van der Waals surface area (Å²) in [6.45, 7) is -3.29. The van der Waals surface area contributed by atoms with Crippen LogP contribution in [0.2, 0.25) is 5.02 Å². The molecule has 9 nitrogen and oxygen atoms in total. The van der Waals surface area contributed by atoms with Gasteiger partial charge < -0.3 is 20.4 Å². The number of aliphatic carboxylic acids is 2. The molecule has 6 atom stereocenters. The highest BCUT2D eigenvalue weighted by Gasteiger charge is 2.29. The standard InChI is InChI=1S/C26H26ClN3.C4H6O6/c1-18-13-19(16-28-15-18)17-30-11-8-20(9-12-30)25-24-7-6-23(27)14-22(24)5-4-21-3-2-10-29-26(21)25;5-1(3(7)8)2(6)4(9)10/h2-3,6-7,10,13-16H,4-5,8-9,11-12,17H2,1H3;1-2,5-6H,(H,7,8)(H,9,10)/t;1-,2-/m.1/s1/i8D,9D,11D,12D,17D2;. The summed E-state index contributed by atoms with van der Waals surface area (Å²) in [7, 11) is 0. The Balaban J connectivity index is 0.000000416. The second-order valence-electron chi connectivity index (χ2n) is 9.11. The molecule has 40 heavy (non-hydrogen) atoms. The van der Waals surface area contributed by atoms with Gasteiger partial charge in [0, 0.05) is 56.9 Å². The van der Waals surface area contributed by atoms with Gasteiger partial charge in [0.2, 0.25) is 0 Å². The lowest BCUT2D eigenvalue weighted by Gasteiger charge is -2.30. The predicted molar refractivity (Wildman–Crippen MR) is 150 cm³/mol. The Morgan fingerprint density at radius 1 is 1.05 bits per heavy atom. The topological polar surface area (TPSA) is 144 Å². The van der Waals surface area contributed by atoms with Crippen LogP contribution < -0.4 is 0 Å². The number of aliphatic hydroxyl groups is 2. The largest absolute Gasteiger partial charge is 0.479 e. The SMILES string of the molecule is O=C(O)[C@H](O)[C@@H](O)C(=O)O.[2H]C1C(=C2c3ccc(Cl)cc3CCc3cccnc32)C([2H])C([2H])N(C([2H])([2H])c2cncc(C)c2)C1[2H]. The Hall–Kier alpha value is -3.63. The molecular formula is C30H32ClN3O6. The average molecular weight is 572 g/mol. The molecule has 1 aliphatic carbocycles. The Labute approximate surface area is 245 Å². The van der Waals surface area contributed by atoms with Crippen molar-refractivity contribution in [2.75, 3.05) is 13.0 Å². The Bertz CT molecular complexity index is 1630. The van der Waals surface area contributed by atoms with Crippen molar-refractivity contribution in [3.63, 3.8) is 0 Å². The molecule has 1 fully saturated rings. The second kappa shape index (κ2) is 13.1. The number of rotatable bonds is 5. The van der Waals surface area contributed by atoms with Crippen molar-refractivity contribution in [2.45, 2.75) is 51.3 Å². The fourth-order valence-electron chi connectivity index (χ4n) is 4.27. The van der Waals surface area contributed by atoms with Gasteiger partial charge in [-0.2, -0.15) is 0 Å². The molecule has 1 aliphatic heterocycles. The maximum absolute atomic E-state index is 9.77. The third-order valence-electron chi connectivity index (χ3n) is 6.18. The van der Waals surface area contributed by atoms with E-state index in [2.05, 4.69) is 9.97 Å². The van der Waals surface area contributed by atoms with E-state index in [0.29, 0.717) is 34.7 Å². The van der Waals surface area contributed by atoms with Gasteiger partial charge in [0.05, 0.1) is 5.69 Å². The molecule has 3 heterocycles. The summed E-state index contributed by atoms with van der Waals surface area (Å²) < 4.78 is 53.6.